The van der Waals surface area contributed by atoms with E-state index >= 15 is 0 Å². The first kappa shape index (κ1) is 13.1. The van der Waals surface area contributed by atoms with E-state index in [1.165, 1.54) is 24.0 Å². The summed E-state index contributed by atoms with van der Waals surface area (Å²) in [6.07, 6.45) is 5.70. The molecule has 2 aromatic rings. The van der Waals surface area contributed by atoms with Gasteiger partial charge in [-0.3, -0.25) is 4.79 Å². The summed E-state index contributed by atoms with van der Waals surface area (Å²) >= 11 is 0. The Hall–Kier alpha value is -1.89. The number of carbonyl (C=O) groups excluding carboxylic acids is 1. The molecule has 0 saturated carbocycles. The van der Waals surface area contributed by atoms with Gasteiger partial charge >= 0.3 is 0 Å². The van der Waals surface area contributed by atoms with Gasteiger partial charge in [0.15, 0.2) is 5.78 Å². The van der Waals surface area contributed by atoms with Crippen molar-refractivity contribution in [1.82, 2.24) is 0 Å². The molecule has 0 amide bonds. The van der Waals surface area contributed by atoms with Crippen molar-refractivity contribution >= 4 is 5.78 Å². The normalized spacial score (nSPS) is 13.8. The molecule has 20 heavy (non-hydrogen) atoms. The number of aryl methyl sites for hydroxylation is 3. The van der Waals surface area contributed by atoms with Gasteiger partial charge in [-0.2, -0.15) is 0 Å². The van der Waals surface area contributed by atoms with Gasteiger partial charge in [-0.15, -0.1) is 0 Å². The van der Waals surface area contributed by atoms with Gasteiger partial charge in [0.25, 0.3) is 0 Å². The predicted molar refractivity (Wildman–Crippen MR) is 82.3 cm³/mol. The molecule has 0 fully saturated rings. The molecule has 102 valence electrons. The van der Waals surface area contributed by atoms with Crippen LogP contribution in [-0.4, -0.2) is 5.78 Å². The van der Waals surface area contributed by atoms with Crippen LogP contribution in [0.2, 0.25) is 0 Å². The minimum atomic E-state index is 0.163. The highest BCUT2D eigenvalue weighted by Crippen LogP contribution is 2.24. The van der Waals surface area contributed by atoms with Crippen molar-refractivity contribution in [3.8, 4) is 0 Å². The van der Waals surface area contributed by atoms with Crippen molar-refractivity contribution in [1.29, 1.82) is 0 Å². The first-order valence-electron chi connectivity index (χ1n) is 7.54. The van der Waals surface area contributed by atoms with E-state index in [9.17, 15) is 4.79 Å². The number of ketones is 1. The molecule has 0 radical (unpaired) electrons. The average Bonchev–Trinajstić information content (AvgIpc) is 2.53. The number of rotatable bonds is 3. The third-order valence-electron chi connectivity index (χ3n) is 4.25. The minimum absolute atomic E-state index is 0.163. The zero-order valence-electron chi connectivity index (χ0n) is 12.0. The molecular weight excluding hydrogens is 244 g/mol. The number of hydrogen-bond donors (Lipinski definition) is 0. The zero-order valence-corrected chi connectivity index (χ0v) is 12.0. The summed E-state index contributed by atoms with van der Waals surface area (Å²) in [5.74, 6) is 0.163. The number of benzene rings is 2. The van der Waals surface area contributed by atoms with Crippen LogP contribution >= 0.6 is 0 Å². The molecule has 1 heteroatoms. The van der Waals surface area contributed by atoms with E-state index in [0.717, 1.165) is 36.0 Å². The Labute approximate surface area is 120 Å². The third-order valence-corrected chi connectivity index (χ3v) is 4.25. The Morgan fingerprint density at radius 2 is 1.75 bits per heavy atom. The topological polar surface area (TPSA) is 17.1 Å². The quantitative estimate of drug-likeness (QED) is 0.753. The summed E-state index contributed by atoms with van der Waals surface area (Å²) < 4.78 is 0. The van der Waals surface area contributed by atoms with Crippen molar-refractivity contribution < 1.29 is 4.79 Å². The van der Waals surface area contributed by atoms with Crippen LogP contribution in [0, 0.1) is 0 Å². The van der Waals surface area contributed by atoms with Gasteiger partial charge in [-0.1, -0.05) is 43.3 Å². The van der Waals surface area contributed by atoms with Crippen molar-refractivity contribution in [2.24, 2.45) is 0 Å². The summed E-state index contributed by atoms with van der Waals surface area (Å²) in [5.41, 5.74) is 5.63. The van der Waals surface area contributed by atoms with Crippen LogP contribution in [0.5, 0.6) is 0 Å². The third kappa shape index (κ3) is 2.40. The van der Waals surface area contributed by atoms with Crippen molar-refractivity contribution in [2.75, 3.05) is 0 Å². The first-order valence-corrected chi connectivity index (χ1v) is 7.54. The van der Waals surface area contributed by atoms with Gasteiger partial charge in [0.2, 0.25) is 0 Å². The Balaban J connectivity index is 1.98. The Kier molecular flexibility index (Phi) is 3.68. The summed E-state index contributed by atoms with van der Waals surface area (Å²) in [6.45, 7) is 2.10. The molecule has 3 rings (SSSR count). The Morgan fingerprint density at radius 1 is 1.00 bits per heavy atom. The van der Waals surface area contributed by atoms with E-state index in [4.69, 9.17) is 0 Å². The van der Waals surface area contributed by atoms with Gasteiger partial charge in [-0.25, -0.2) is 0 Å². The van der Waals surface area contributed by atoms with Crippen LogP contribution in [0.25, 0.3) is 0 Å². The Morgan fingerprint density at radius 3 is 2.55 bits per heavy atom. The lowest BCUT2D eigenvalue weighted by atomic mass is 9.88. The van der Waals surface area contributed by atoms with E-state index in [2.05, 4.69) is 19.1 Å². The molecule has 0 aliphatic heterocycles. The molecule has 1 nitrogen and oxygen atoms in total. The molecule has 2 aromatic carbocycles. The molecule has 0 aromatic heterocycles. The smallest absolute Gasteiger partial charge is 0.193 e. The number of carbonyl (C=O) groups is 1. The molecule has 0 spiro atoms. The molecular formula is C19H20O. The van der Waals surface area contributed by atoms with E-state index in [1.54, 1.807) is 0 Å². The number of fused-ring (bicyclic) bond motifs is 1. The lowest BCUT2D eigenvalue weighted by Crippen LogP contribution is -2.08. The zero-order chi connectivity index (χ0) is 13.9. The predicted octanol–water partition coefficient (Wildman–Crippen LogP) is 4.36. The fourth-order valence-corrected chi connectivity index (χ4v) is 3.08. The summed E-state index contributed by atoms with van der Waals surface area (Å²) in [5, 5.41) is 0. The molecule has 0 N–H and O–H groups in total. The summed E-state index contributed by atoms with van der Waals surface area (Å²) in [7, 11) is 0. The molecule has 0 heterocycles. The largest absolute Gasteiger partial charge is 0.289 e. The first-order chi connectivity index (χ1) is 9.79. The Bertz CT molecular complexity index is 640. The van der Waals surface area contributed by atoms with Crippen LogP contribution in [0.1, 0.15) is 52.4 Å². The highest BCUT2D eigenvalue weighted by atomic mass is 16.1. The molecule has 1 aliphatic carbocycles. The molecule has 0 atom stereocenters. The van der Waals surface area contributed by atoms with Crippen LogP contribution in [0.4, 0.5) is 0 Å². The standard InChI is InChI=1S/C19H20O/c1-2-14-7-5-6-10-18(14)19(20)17-12-11-15-8-3-4-9-16(15)13-17/h5-7,10-13H,2-4,8-9H2,1H3. The summed E-state index contributed by atoms with van der Waals surface area (Å²) in [4.78, 5) is 12.7. The van der Waals surface area contributed by atoms with Gasteiger partial charge in [-0.05, 0) is 54.9 Å². The van der Waals surface area contributed by atoms with Gasteiger partial charge < -0.3 is 0 Å². The van der Waals surface area contributed by atoms with E-state index in [0.29, 0.717) is 0 Å². The maximum absolute atomic E-state index is 12.7. The van der Waals surface area contributed by atoms with E-state index in [1.807, 2.05) is 30.3 Å². The van der Waals surface area contributed by atoms with E-state index in [-0.39, 0.29) is 5.78 Å². The molecule has 0 unspecified atom stereocenters. The maximum atomic E-state index is 12.7. The second-order valence-electron chi connectivity index (χ2n) is 5.53. The maximum Gasteiger partial charge on any atom is 0.193 e. The fraction of sp³-hybridized carbons (Fsp3) is 0.316. The summed E-state index contributed by atoms with van der Waals surface area (Å²) in [6, 6.07) is 14.2. The average molecular weight is 264 g/mol. The van der Waals surface area contributed by atoms with Gasteiger partial charge in [0.1, 0.15) is 0 Å². The lowest BCUT2D eigenvalue weighted by molar-refractivity contribution is 0.103. The van der Waals surface area contributed by atoms with Crippen LogP contribution < -0.4 is 0 Å². The highest BCUT2D eigenvalue weighted by Gasteiger charge is 2.15. The lowest BCUT2D eigenvalue weighted by Gasteiger charge is -2.16. The second-order valence-corrected chi connectivity index (χ2v) is 5.53. The fourth-order valence-electron chi connectivity index (χ4n) is 3.08. The minimum Gasteiger partial charge on any atom is -0.289 e. The van der Waals surface area contributed by atoms with E-state index < -0.39 is 0 Å². The second kappa shape index (κ2) is 5.62. The van der Waals surface area contributed by atoms with Crippen molar-refractivity contribution in [3.05, 3.63) is 70.3 Å². The van der Waals surface area contributed by atoms with Crippen molar-refractivity contribution in [2.45, 2.75) is 39.0 Å². The van der Waals surface area contributed by atoms with Crippen molar-refractivity contribution in [3.63, 3.8) is 0 Å². The molecule has 0 bridgehead atoms. The number of hydrogen-bond acceptors (Lipinski definition) is 1. The highest BCUT2D eigenvalue weighted by molar-refractivity contribution is 6.10. The SMILES string of the molecule is CCc1ccccc1C(=O)c1ccc2c(c1)CCCC2. The van der Waals surface area contributed by atoms with Crippen LogP contribution in [-0.2, 0) is 19.3 Å². The van der Waals surface area contributed by atoms with Crippen LogP contribution in [0.15, 0.2) is 42.5 Å². The monoisotopic (exact) mass is 264 g/mol. The van der Waals surface area contributed by atoms with Crippen LogP contribution in [0.3, 0.4) is 0 Å². The molecule has 1 aliphatic rings. The molecule has 0 saturated heterocycles. The van der Waals surface area contributed by atoms with Gasteiger partial charge in [0.05, 0.1) is 0 Å². The van der Waals surface area contributed by atoms with Gasteiger partial charge in [0, 0.05) is 11.1 Å².